The van der Waals surface area contributed by atoms with Gasteiger partial charge in [0.15, 0.2) is 0 Å². The van der Waals surface area contributed by atoms with Gasteiger partial charge in [-0.2, -0.15) is 0 Å². The molecule has 1 saturated carbocycles. The Balaban J connectivity index is 2.08. The fourth-order valence-electron chi connectivity index (χ4n) is 1.89. The van der Waals surface area contributed by atoms with Gasteiger partial charge in [0.25, 0.3) is 0 Å². The number of ether oxygens (including phenoxy) is 1. The normalized spacial score (nSPS) is 20.8. The maximum Gasteiger partial charge on any atom is 0.0792 e. The molecule has 1 aliphatic rings. The first-order valence-corrected chi connectivity index (χ1v) is 5.93. The Kier molecular flexibility index (Phi) is 2.91. The van der Waals surface area contributed by atoms with Crippen molar-refractivity contribution in [3.8, 4) is 0 Å². The van der Waals surface area contributed by atoms with Crippen LogP contribution in [-0.4, -0.2) is 13.2 Å². The molecule has 2 unspecified atom stereocenters. The van der Waals surface area contributed by atoms with Gasteiger partial charge < -0.3 is 10.5 Å². The molecule has 1 aromatic rings. The van der Waals surface area contributed by atoms with Crippen molar-refractivity contribution in [1.29, 1.82) is 0 Å². The van der Waals surface area contributed by atoms with Gasteiger partial charge >= 0.3 is 0 Å². The number of hydrogen-bond donors (Lipinski definition) is 1. The Hall–Kier alpha value is -0.380. The van der Waals surface area contributed by atoms with E-state index in [1.54, 1.807) is 18.4 Å². The molecule has 2 nitrogen and oxygen atoms in total. The second-order valence-electron chi connectivity index (χ2n) is 4.05. The average Bonchev–Trinajstić information content (AvgIpc) is 2.90. The number of thiophene rings is 1. The average molecular weight is 211 g/mol. The van der Waals surface area contributed by atoms with Crippen LogP contribution in [-0.2, 0) is 4.74 Å². The number of hydrogen-bond acceptors (Lipinski definition) is 3. The van der Waals surface area contributed by atoms with Crippen molar-refractivity contribution in [1.82, 2.24) is 0 Å². The zero-order valence-corrected chi connectivity index (χ0v) is 9.51. The van der Waals surface area contributed by atoms with Gasteiger partial charge in [0.05, 0.1) is 12.1 Å². The highest BCUT2D eigenvalue weighted by molar-refractivity contribution is 7.10. The van der Waals surface area contributed by atoms with Gasteiger partial charge in [-0.25, -0.2) is 0 Å². The van der Waals surface area contributed by atoms with E-state index < -0.39 is 0 Å². The lowest BCUT2D eigenvalue weighted by Gasteiger charge is -2.21. The highest BCUT2D eigenvalue weighted by Gasteiger charge is 2.36. The Labute approximate surface area is 89.1 Å². The van der Waals surface area contributed by atoms with Crippen LogP contribution in [0, 0.1) is 12.8 Å². The predicted molar refractivity (Wildman–Crippen MR) is 59.5 cm³/mol. The van der Waals surface area contributed by atoms with Crippen molar-refractivity contribution < 1.29 is 4.74 Å². The number of rotatable bonds is 4. The summed E-state index contributed by atoms with van der Waals surface area (Å²) in [6.45, 7) is 2.11. The fourth-order valence-corrected chi connectivity index (χ4v) is 2.64. The van der Waals surface area contributed by atoms with Crippen molar-refractivity contribution in [3.63, 3.8) is 0 Å². The minimum atomic E-state index is 0.0532. The van der Waals surface area contributed by atoms with Crippen molar-refractivity contribution in [3.05, 3.63) is 21.9 Å². The maximum atomic E-state index is 6.19. The third kappa shape index (κ3) is 2.00. The van der Waals surface area contributed by atoms with E-state index in [9.17, 15) is 0 Å². The third-order valence-corrected chi connectivity index (χ3v) is 3.73. The second-order valence-corrected chi connectivity index (χ2v) is 5.17. The first-order valence-electron chi connectivity index (χ1n) is 5.05. The topological polar surface area (TPSA) is 35.2 Å². The van der Waals surface area contributed by atoms with Crippen LogP contribution in [0.3, 0.4) is 0 Å². The molecule has 2 rings (SSSR count). The van der Waals surface area contributed by atoms with Crippen LogP contribution in [0.2, 0.25) is 0 Å². The molecule has 1 aliphatic carbocycles. The molecule has 14 heavy (non-hydrogen) atoms. The molecule has 2 atom stereocenters. The summed E-state index contributed by atoms with van der Waals surface area (Å²) >= 11 is 1.76. The van der Waals surface area contributed by atoms with Crippen LogP contribution in [0.25, 0.3) is 0 Å². The quantitative estimate of drug-likeness (QED) is 0.830. The van der Waals surface area contributed by atoms with Gasteiger partial charge in [0.2, 0.25) is 0 Å². The minimum Gasteiger partial charge on any atom is -0.379 e. The largest absolute Gasteiger partial charge is 0.379 e. The predicted octanol–water partition coefficient (Wildman–Crippen LogP) is 2.48. The third-order valence-electron chi connectivity index (χ3n) is 2.85. The molecular weight excluding hydrogens is 194 g/mol. The van der Waals surface area contributed by atoms with E-state index >= 15 is 0 Å². The van der Waals surface area contributed by atoms with Gasteiger partial charge in [0, 0.05) is 12.0 Å². The lowest BCUT2D eigenvalue weighted by Crippen LogP contribution is -2.29. The SMILES string of the molecule is COC(C1CC1)C(N)c1csc(C)c1. The summed E-state index contributed by atoms with van der Waals surface area (Å²) in [4.78, 5) is 1.32. The first-order chi connectivity index (χ1) is 6.72. The summed E-state index contributed by atoms with van der Waals surface area (Å²) in [6.07, 6.45) is 2.76. The maximum absolute atomic E-state index is 6.19. The van der Waals surface area contributed by atoms with E-state index in [2.05, 4.69) is 18.4 Å². The summed E-state index contributed by atoms with van der Waals surface area (Å²) in [7, 11) is 1.77. The van der Waals surface area contributed by atoms with Gasteiger partial charge in [-0.1, -0.05) is 0 Å². The van der Waals surface area contributed by atoms with Crippen molar-refractivity contribution in [2.75, 3.05) is 7.11 Å². The molecule has 1 aromatic heterocycles. The van der Waals surface area contributed by atoms with Crippen LogP contribution in [0.5, 0.6) is 0 Å². The monoisotopic (exact) mass is 211 g/mol. The van der Waals surface area contributed by atoms with Crippen LogP contribution in [0.4, 0.5) is 0 Å². The zero-order chi connectivity index (χ0) is 10.1. The van der Waals surface area contributed by atoms with Crippen LogP contribution < -0.4 is 5.73 Å². The lowest BCUT2D eigenvalue weighted by atomic mass is 10.0. The first kappa shape index (κ1) is 10.1. The van der Waals surface area contributed by atoms with E-state index in [4.69, 9.17) is 10.5 Å². The standard InChI is InChI=1S/C11H17NOS/c1-7-5-9(6-14-7)10(12)11(13-2)8-3-4-8/h5-6,8,10-11H,3-4,12H2,1-2H3. The zero-order valence-electron chi connectivity index (χ0n) is 8.69. The summed E-state index contributed by atoms with van der Waals surface area (Å²) in [5.41, 5.74) is 7.41. The summed E-state index contributed by atoms with van der Waals surface area (Å²) in [6, 6.07) is 2.22. The summed E-state index contributed by atoms with van der Waals surface area (Å²) < 4.78 is 5.48. The fraction of sp³-hybridized carbons (Fsp3) is 0.636. The molecule has 0 amide bonds. The highest BCUT2D eigenvalue weighted by atomic mass is 32.1. The second kappa shape index (κ2) is 4.01. The van der Waals surface area contributed by atoms with Crippen molar-refractivity contribution in [2.45, 2.75) is 31.9 Å². The Morgan fingerprint density at radius 1 is 1.57 bits per heavy atom. The van der Waals surface area contributed by atoms with E-state index in [-0.39, 0.29) is 12.1 Å². The molecule has 1 fully saturated rings. The molecule has 2 N–H and O–H groups in total. The Morgan fingerprint density at radius 2 is 2.29 bits per heavy atom. The summed E-state index contributed by atoms with van der Waals surface area (Å²) in [5, 5.41) is 2.15. The number of nitrogens with two attached hydrogens (primary N) is 1. The molecule has 0 spiro atoms. The minimum absolute atomic E-state index is 0.0532. The van der Waals surface area contributed by atoms with Crippen molar-refractivity contribution in [2.24, 2.45) is 11.7 Å². The van der Waals surface area contributed by atoms with Crippen LogP contribution in [0.1, 0.15) is 29.3 Å². The molecule has 0 bridgehead atoms. The Bertz CT molecular complexity index is 306. The smallest absolute Gasteiger partial charge is 0.0792 e. The van der Waals surface area contributed by atoms with Crippen LogP contribution >= 0.6 is 11.3 Å². The van der Waals surface area contributed by atoms with Gasteiger partial charge in [-0.05, 0) is 42.7 Å². The van der Waals surface area contributed by atoms with Crippen LogP contribution in [0.15, 0.2) is 11.4 Å². The molecule has 0 aliphatic heterocycles. The lowest BCUT2D eigenvalue weighted by molar-refractivity contribution is 0.0625. The van der Waals surface area contributed by atoms with E-state index in [0.717, 1.165) is 0 Å². The van der Waals surface area contributed by atoms with E-state index in [0.29, 0.717) is 5.92 Å². The number of methoxy groups -OCH3 is 1. The molecule has 0 aromatic carbocycles. The van der Waals surface area contributed by atoms with Crippen molar-refractivity contribution >= 4 is 11.3 Å². The molecule has 0 saturated heterocycles. The molecule has 78 valence electrons. The highest BCUT2D eigenvalue weighted by Crippen LogP contribution is 2.39. The van der Waals surface area contributed by atoms with E-state index in [1.165, 1.54) is 23.3 Å². The molecule has 0 radical (unpaired) electrons. The molecule has 1 heterocycles. The van der Waals surface area contributed by atoms with Gasteiger partial charge in [-0.3, -0.25) is 0 Å². The molecule has 3 heteroatoms. The number of aryl methyl sites for hydroxylation is 1. The summed E-state index contributed by atoms with van der Waals surface area (Å²) in [5.74, 6) is 0.690. The Morgan fingerprint density at radius 3 is 2.71 bits per heavy atom. The van der Waals surface area contributed by atoms with Gasteiger partial charge in [-0.15, -0.1) is 11.3 Å². The van der Waals surface area contributed by atoms with Gasteiger partial charge in [0.1, 0.15) is 0 Å². The molecular formula is C11H17NOS. The van der Waals surface area contributed by atoms with E-state index in [1.807, 2.05) is 0 Å².